The Hall–Kier alpha value is -2.45. The fourth-order valence-electron chi connectivity index (χ4n) is 3.81. The molecule has 4 nitrogen and oxygen atoms in total. The van der Waals surface area contributed by atoms with Crippen LogP contribution in [0.3, 0.4) is 0 Å². The van der Waals surface area contributed by atoms with Gasteiger partial charge in [-0.25, -0.2) is 9.37 Å². The van der Waals surface area contributed by atoms with Gasteiger partial charge in [-0.15, -0.1) is 0 Å². The van der Waals surface area contributed by atoms with Crippen LogP contribution < -0.4 is 4.74 Å². The highest BCUT2D eigenvalue weighted by Gasteiger charge is 2.27. The Bertz CT molecular complexity index is 854. The van der Waals surface area contributed by atoms with Gasteiger partial charge in [-0.3, -0.25) is 0 Å². The summed E-state index contributed by atoms with van der Waals surface area (Å²) in [6.45, 7) is 1.15. The fraction of sp³-hybridized carbons (Fsp3) is 0.429. The maximum absolute atomic E-state index is 14.6. The lowest BCUT2D eigenvalue weighted by Gasteiger charge is -2.19. The van der Waals surface area contributed by atoms with Gasteiger partial charge in [0.05, 0.1) is 13.2 Å². The molecule has 1 aliphatic heterocycles. The molecule has 1 saturated heterocycles. The highest BCUT2D eigenvalue weighted by atomic mass is 19.1. The topological polar surface area (TPSA) is 55.1 Å². The standard InChI is InChI=1S/C21H21FN2O2/c22-18-8-5-4-6-15(18)20-16-7-2-1-3-9-19(16)24-21(17(20)12-23)26-14-10-11-25-13-14/h4-6,8,14H,1-3,7,9-11,13H2. The van der Waals surface area contributed by atoms with Gasteiger partial charge in [0, 0.05) is 23.2 Å². The van der Waals surface area contributed by atoms with Gasteiger partial charge >= 0.3 is 0 Å². The van der Waals surface area contributed by atoms with Crippen LogP contribution in [-0.4, -0.2) is 24.3 Å². The van der Waals surface area contributed by atoms with E-state index in [1.807, 2.05) is 0 Å². The molecule has 2 aromatic rings. The third-order valence-electron chi connectivity index (χ3n) is 5.11. The van der Waals surface area contributed by atoms with E-state index in [2.05, 4.69) is 6.07 Å². The van der Waals surface area contributed by atoms with E-state index in [0.29, 0.717) is 35.8 Å². The maximum Gasteiger partial charge on any atom is 0.232 e. The number of halogens is 1. The Morgan fingerprint density at radius 1 is 1.19 bits per heavy atom. The summed E-state index contributed by atoms with van der Waals surface area (Å²) < 4.78 is 26.0. The van der Waals surface area contributed by atoms with Gasteiger partial charge in [0.1, 0.15) is 23.6 Å². The van der Waals surface area contributed by atoms with Crippen molar-refractivity contribution in [3.8, 4) is 23.1 Å². The molecule has 1 aromatic heterocycles. The van der Waals surface area contributed by atoms with E-state index in [9.17, 15) is 9.65 Å². The van der Waals surface area contributed by atoms with Crippen molar-refractivity contribution in [2.75, 3.05) is 13.2 Å². The van der Waals surface area contributed by atoms with Gasteiger partial charge in [0.25, 0.3) is 0 Å². The molecule has 134 valence electrons. The molecular weight excluding hydrogens is 331 g/mol. The van der Waals surface area contributed by atoms with E-state index in [0.717, 1.165) is 49.8 Å². The smallest absolute Gasteiger partial charge is 0.232 e. The zero-order valence-corrected chi connectivity index (χ0v) is 14.6. The molecule has 1 aromatic carbocycles. The minimum absolute atomic E-state index is 0.105. The monoisotopic (exact) mass is 352 g/mol. The van der Waals surface area contributed by atoms with Crippen LogP contribution >= 0.6 is 0 Å². The molecule has 2 heterocycles. The second-order valence-electron chi connectivity index (χ2n) is 6.85. The van der Waals surface area contributed by atoms with Crippen LogP contribution in [0.5, 0.6) is 5.88 Å². The second-order valence-corrected chi connectivity index (χ2v) is 6.85. The van der Waals surface area contributed by atoms with E-state index in [-0.39, 0.29) is 11.9 Å². The zero-order chi connectivity index (χ0) is 17.9. The van der Waals surface area contributed by atoms with Crippen molar-refractivity contribution in [2.45, 2.75) is 44.6 Å². The highest BCUT2D eigenvalue weighted by Crippen LogP contribution is 2.38. The Morgan fingerprint density at radius 2 is 2.04 bits per heavy atom. The average molecular weight is 352 g/mol. The molecule has 0 spiro atoms. The number of ether oxygens (including phenoxy) is 2. The first-order chi connectivity index (χ1) is 12.8. The molecule has 2 aliphatic rings. The Labute approximate surface area is 152 Å². The Morgan fingerprint density at radius 3 is 2.81 bits per heavy atom. The molecule has 1 atom stereocenters. The van der Waals surface area contributed by atoms with Gasteiger partial charge in [0.15, 0.2) is 0 Å². The zero-order valence-electron chi connectivity index (χ0n) is 14.6. The van der Waals surface area contributed by atoms with Gasteiger partial charge in [-0.1, -0.05) is 24.6 Å². The molecule has 1 unspecified atom stereocenters. The third-order valence-corrected chi connectivity index (χ3v) is 5.11. The molecule has 4 rings (SSSR count). The van der Waals surface area contributed by atoms with Crippen molar-refractivity contribution in [1.29, 1.82) is 5.26 Å². The lowest BCUT2D eigenvalue weighted by atomic mass is 9.91. The normalized spacial score (nSPS) is 19.5. The van der Waals surface area contributed by atoms with Crippen molar-refractivity contribution >= 4 is 0 Å². The summed E-state index contributed by atoms with van der Waals surface area (Å²) in [5, 5.41) is 9.87. The van der Waals surface area contributed by atoms with Crippen LogP contribution in [0.4, 0.5) is 4.39 Å². The van der Waals surface area contributed by atoms with Crippen molar-refractivity contribution in [1.82, 2.24) is 4.98 Å². The molecule has 0 saturated carbocycles. The molecule has 0 bridgehead atoms. The predicted molar refractivity (Wildman–Crippen MR) is 95.5 cm³/mol. The van der Waals surface area contributed by atoms with Crippen molar-refractivity contribution in [2.24, 2.45) is 0 Å². The van der Waals surface area contributed by atoms with E-state index < -0.39 is 0 Å². The molecular formula is C21H21FN2O2. The summed E-state index contributed by atoms with van der Waals surface area (Å²) in [6, 6.07) is 8.88. The number of hydrogen-bond acceptors (Lipinski definition) is 4. The largest absolute Gasteiger partial charge is 0.471 e. The van der Waals surface area contributed by atoms with Gasteiger partial charge in [-0.2, -0.15) is 5.26 Å². The number of hydrogen-bond donors (Lipinski definition) is 0. The number of aryl methyl sites for hydroxylation is 1. The highest BCUT2D eigenvalue weighted by molar-refractivity contribution is 5.77. The first-order valence-corrected chi connectivity index (χ1v) is 9.23. The number of pyridine rings is 1. The van der Waals surface area contributed by atoms with E-state index in [1.54, 1.807) is 18.2 Å². The first kappa shape index (κ1) is 17.0. The molecule has 0 radical (unpaired) electrons. The summed E-state index contributed by atoms with van der Waals surface area (Å²) >= 11 is 0. The number of fused-ring (bicyclic) bond motifs is 1. The van der Waals surface area contributed by atoms with Crippen LogP contribution in [0.25, 0.3) is 11.1 Å². The van der Waals surface area contributed by atoms with Crippen molar-refractivity contribution < 1.29 is 13.9 Å². The lowest BCUT2D eigenvalue weighted by Crippen LogP contribution is -2.18. The Kier molecular flexibility index (Phi) is 4.85. The van der Waals surface area contributed by atoms with Crippen molar-refractivity contribution in [3.63, 3.8) is 0 Å². The lowest BCUT2D eigenvalue weighted by molar-refractivity contribution is 0.137. The number of benzene rings is 1. The molecule has 0 amide bonds. The quantitative estimate of drug-likeness (QED) is 0.777. The molecule has 26 heavy (non-hydrogen) atoms. The molecule has 1 aliphatic carbocycles. The van der Waals surface area contributed by atoms with Gasteiger partial charge in [0.2, 0.25) is 5.88 Å². The third kappa shape index (κ3) is 3.17. The molecule has 1 fully saturated rings. The summed E-state index contributed by atoms with van der Waals surface area (Å²) in [6.07, 6.45) is 5.51. The average Bonchev–Trinajstić information content (AvgIpc) is 3.05. The summed E-state index contributed by atoms with van der Waals surface area (Å²) in [5.41, 5.74) is 3.39. The fourth-order valence-corrected chi connectivity index (χ4v) is 3.81. The molecule has 0 N–H and O–H groups in total. The number of nitrogens with zero attached hydrogens (tertiary/aromatic N) is 2. The van der Waals surface area contributed by atoms with E-state index in [1.165, 1.54) is 6.07 Å². The summed E-state index contributed by atoms with van der Waals surface area (Å²) in [4.78, 5) is 4.70. The molecule has 5 heteroatoms. The van der Waals surface area contributed by atoms with E-state index in [4.69, 9.17) is 14.5 Å². The van der Waals surface area contributed by atoms with Crippen LogP contribution in [0, 0.1) is 17.1 Å². The SMILES string of the molecule is N#Cc1c(OC2CCOC2)nc2c(c1-c1ccccc1F)CCCCC2. The summed E-state index contributed by atoms with van der Waals surface area (Å²) in [7, 11) is 0. The first-order valence-electron chi connectivity index (χ1n) is 9.23. The van der Waals surface area contributed by atoms with E-state index >= 15 is 0 Å². The van der Waals surface area contributed by atoms with Crippen LogP contribution in [-0.2, 0) is 17.6 Å². The van der Waals surface area contributed by atoms with Crippen molar-refractivity contribution in [3.05, 3.63) is 46.9 Å². The number of rotatable bonds is 3. The minimum atomic E-state index is -0.322. The summed E-state index contributed by atoms with van der Waals surface area (Å²) in [5.74, 6) is -0.00120. The van der Waals surface area contributed by atoms with Crippen LogP contribution in [0.2, 0.25) is 0 Å². The second kappa shape index (κ2) is 7.43. The predicted octanol–water partition coefficient (Wildman–Crippen LogP) is 4.20. The minimum Gasteiger partial charge on any atom is -0.471 e. The van der Waals surface area contributed by atoms with Crippen LogP contribution in [0.1, 0.15) is 42.5 Å². The maximum atomic E-state index is 14.6. The van der Waals surface area contributed by atoms with Crippen LogP contribution in [0.15, 0.2) is 24.3 Å². The van der Waals surface area contributed by atoms with Gasteiger partial charge < -0.3 is 9.47 Å². The Balaban J connectivity index is 1.91. The number of nitriles is 1. The van der Waals surface area contributed by atoms with Gasteiger partial charge in [-0.05, 0) is 37.3 Å². The number of aromatic nitrogens is 1.